The molecule has 0 amide bonds. The molecule has 5 nitrogen and oxygen atoms in total. The molecule has 0 aromatic carbocycles. The van der Waals surface area contributed by atoms with E-state index in [1.54, 1.807) is 6.20 Å². The minimum atomic E-state index is 0.186. The zero-order chi connectivity index (χ0) is 13.8. The lowest BCUT2D eigenvalue weighted by atomic mass is 10.1. The zero-order valence-electron chi connectivity index (χ0n) is 11.8. The third-order valence-electron chi connectivity index (χ3n) is 3.31. The Balaban J connectivity index is 2.32. The van der Waals surface area contributed by atoms with E-state index in [-0.39, 0.29) is 12.6 Å². The number of aromatic nitrogens is 3. The number of hydrogen-bond acceptors (Lipinski definition) is 4. The van der Waals surface area contributed by atoms with Gasteiger partial charge in [0.2, 0.25) is 0 Å². The Labute approximate surface area is 113 Å². The molecule has 1 atom stereocenters. The Kier molecular flexibility index (Phi) is 4.37. The van der Waals surface area contributed by atoms with Crippen LogP contribution >= 0.6 is 0 Å². The first-order valence-electron chi connectivity index (χ1n) is 6.87. The summed E-state index contributed by atoms with van der Waals surface area (Å²) >= 11 is 0. The van der Waals surface area contributed by atoms with Gasteiger partial charge in [-0.25, -0.2) is 9.50 Å². The first-order valence-corrected chi connectivity index (χ1v) is 6.87. The van der Waals surface area contributed by atoms with Crippen molar-refractivity contribution in [1.82, 2.24) is 14.6 Å². The molecular formula is C14H22N4O. The van der Waals surface area contributed by atoms with E-state index in [1.165, 1.54) is 0 Å². The summed E-state index contributed by atoms with van der Waals surface area (Å²) < 4.78 is 1.86. The Morgan fingerprint density at radius 1 is 1.42 bits per heavy atom. The number of rotatable bonds is 6. The van der Waals surface area contributed by atoms with Crippen molar-refractivity contribution in [3.05, 3.63) is 24.2 Å². The Bertz CT molecular complexity index is 535. The van der Waals surface area contributed by atoms with Gasteiger partial charge in [-0.05, 0) is 24.8 Å². The SMILES string of the molecule is CCC(CCO)Nc1nccn2nc(C(C)C)cc12. The van der Waals surface area contributed by atoms with Crippen LogP contribution in [-0.4, -0.2) is 32.4 Å². The van der Waals surface area contributed by atoms with Gasteiger partial charge in [0.25, 0.3) is 0 Å². The lowest BCUT2D eigenvalue weighted by Gasteiger charge is -2.16. The molecule has 5 heteroatoms. The molecule has 2 aromatic heterocycles. The quantitative estimate of drug-likeness (QED) is 0.839. The summed E-state index contributed by atoms with van der Waals surface area (Å²) in [4.78, 5) is 4.40. The van der Waals surface area contributed by atoms with Crippen molar-refractivity contribution >= 4 is 11.3 Å². The van der Waals surface area contributed by atoms with E-state index < -0.39 is 0 Å². The summed E-state index contributed by atoms with van der Waals surface area (Å²) in [5.41, 5.74) is 2.05. The van der Waals surface area contributed by atoms with Gasteiger partial charge in [0.05, 0.1) is 5.69 Å². The zero-order valence-corrected chi connectivity index (χ0v) is 11.8. The first kappa shape index (κ1) is 13.8. The number of nitrogens with one attached hydrogen (secondary N) is 1. The standard InChI is InChI=1S/C14H22N4O/c1-4-11(5-8-19)16-14-13-9-12(10(2)3)17-18(13)7-6-15-14/h6-7,9-11,19H,4-5,8H2,1-3H3,(H,15,16). The van der Waals surface area contributed by atoms with Gasteiger partial charge in [-0.15, -0.1) is 0 Å². The number of fused-ring (bicyclic) bond motifs is 1. The number of nitrogens with zero attached hydrogens (tertiary/aromatic N) is 3. The number of aliphatic hydroxyl groups excluding tert-OH is 1. The van der Waals surface area contributed by atoms with Gasteiger partial charge in [-0.3, -0.25) is 0 Å². The predicted molar refractivity (Wildman–Crippen MR) is 76.5 cm³/mol. The van der Waals surface area contributed by atoms with E-state index in [4.69, 9.17) is 5.11 Å². The molecule has 19 heavy (non-hydrogen) atoms. The van der Waals surface area contributed by atoms with Crippen LogP contribution in [0.2, 0.25) is 0 Å². The molecule has 2 aromatic rings. The van der Waals surface area contributed by atoms with Crippen molar-refractivity contribution in [2.24, 2.45) is 0 Å². The smallest absolute Gasteiger partial charge is 0.152 e. The molecule has 0 aliphatic rings. The molecule has 0 bridgehead atoms. The number of anilines is 1. The van der Waals surface area contributed by atoms with Crippen LogP contribution in [0.15, 0.2) is 18.5 Å². The van der Waals surface area contributed by atoms with Crippen LogP contribution in [0.25, 0.3) is 5.52 Å². The Morgan fingerprint density at radius 3 is 2.84 bits per heavy atom. The van der Waals surface area contributed by atoms with Gasteiger partial charge in [-0.2, -0.15) is 5.10 Å². The van der Waals surface area contributed by atoms with Crippen molar-refractivity contribution in [3.8, 4) is 0 Å². The molecule has 0 saturated heterocycles. The molecule has 0 saturated carbocycles. The van der Waals surface area contributed by atoms with Crippen molar-refractivity contribution in [3.63, 3.8) is 0 Å². The molecule has 104 valence electrons. The van der Waals surface area contributed by atoms with Gasteiger partial charge < -0.3 is 10.4 Å². The fourth-order valence-electron chi connectivity index (χ4n) is 2.06. The van der Waals surface area contributed by atoms with E-state index in [0.717, 1.165) is 29.9 Å². The van der Waals surface area contributed by atoms with E-state index in [9.17, 15) is 0 Å². The molecule has 2 heterocycles. The molecule has 2 rings (SSSR count). The largest absolute Gasteiger partial charge is 0.396 e. The summed E-state index contributed by atoms with van der Waals surface area (Å²) in [5, 5.41) is 17.0. The maximum atomic E-state index is 9.06. The van der Waals surface area contributed by atoms with E-state index in [1.807, 2.05) is 10.7 Å². The second-order valence-corrected chi connectivity index (χ2v) is 5.09. The monoisotopic (exact) mass is 262 g/mol. The van der Waals surface area contributed by atoms with Crippen molar-refractivity contribution < 1.29 is 5.11 Å². The fourth-order valence-corrected chi connectivity index (χ4v) is 2.06. The Morgan fingerprint density at radius 2 is 2.21 bits per heavy atom. The maximum absolute atomic E-state index is 9.06. The lowest BCUT2D eigenvalue weighted by molar-refractivity contribution is 0.278. The average molecular weight is 262 g/mol. The van der Waals surface area contributed by atoms with E-state index in [2.05, 4.69) is 42.2 Å². The number of aliphatic hydroxyl groups is 1. The molecule has 0 radical (unpaired) electrons. The molecular weight excluding hydrogens is 240 g/mol. The summed E-state index contributed by atoms with van der Waals surface area (Å²) in [7, 11) is 0. The average Bonchev–Trinajstić information content (AvgIpc) is 2.83. The molecule has 0 fully saturated rings. The van der Waals surface area contributed by atoms with Crippen molar-refractivity contribution in [2.75, 3.05) is 11.9 Å². The van der Waals surface area contributed by atoms with Crippen molar-refractivity contribution in [1.29, 1.82) is 0 Å². The summed E-state index contributed by atoms with van der Waals surface area (Å²) in [6.45, 7) is 6.54. The van der Waals surface area contributed by atoms with Crippen LogP contribution in [0.5, 0.6) is 0 Å². The van der Waals surface area contributed by atoms with Crippen LogP contribution in [0, 0.1) is 0 Å². The van der Waals surface area contributed by atoms with Gasteiger partial charge in [0.1, 0.15) is 5.52 Å². The first-order chi connectivity index (χ1) is 9.15. The van der Waals surface area contributed by atoms with Crippen molar-refractivity contribution in [2.45, 2.75) is 45.6 Å². The second kappa shape index (κ2) is 6.02. The highest BCUT2D eigenvalue weighted by molar-refractivity contribution is 5.68. The van der Waals surface area contributed by atoms with Crippen LogP contribution in [0.1, 0.15) is 45.2 Å². The Hall–Kier alpha value is -1.62. The van der Waals surface area contributed by atoms with Crippen LogP contribution < -0.4 is 5.32 Å². The predicted octanol–water partition coefficient (Wildman–Crippen LogP) is 2.43. The minimum absolute atomic E-state index is 0.186. The highest BCUT2D eigenvalue weighted by Crippen LogP contribution is 2.21. The summed E-state index contributed by atoms with van der Waals surface area (Å²) in [6.07, 6.45) is 5.29. The van der Waals surface area contributed by atoms with Crippen LogP contribution in [-0.2, 0) is 0 Å². The topological polar surface area (TPSA) is 62.5 Å². The molecule has 2 N–H and O–H groups in total. The second-order valence-electron chi connectivity index (χ2n) is 5.09. The summed E-state index contributed by atoms with van der Waals surface area (Å²) in [5.74, 6) is 1.23. The maximum Gasteiger partial charge on any atom is 0.152 e. The van der Waals surface area contributed by atoms with Gasteiger partial charge >= 0.3 is 0 Å². The third-order valence-corrected chi connectivity index (χ3v) is 3.31. The van der Waals surface area contributed by atoms with Crippen LogP contribution in [0.4, 0.5) is 5.82 Å². The molecule has 0 aliphatic carbocycles. The van der Waals surface area contributed by atoms with Gasteiger partial charge in [0, 0.05) is 25.0 Å². The number of hydrogen-bond donors (Lipinski definition) is 2. The molecule has 1 unspecified atom stereocenters. The molecule has 0 spiro atoms. The van der Waals surface area contributed by atoms with E-state index >= 15 is 0 Å². The lowest BCUT2D eigenvalue weighted by Crippen LogP contribution is -2.20. The van der Waals surface area contributed by atoms with Gasteiger partial charge in [0.15, 0.2) is 5.82 Å². The van der Waals surface area contributed by atoms with E-state index in [0.29, 0.717) is 5.92 Å². The molecule has 0 aliphatic heterocycles. The third kappa shape index (κ3) is 3.04. The summed E-state index contributed by atoms with van der Waals surface area (Å²) in [6, 6.07) is 2.31. The fraction of sp³-hybridized carbons (Fsp3) is 0.571. The van der Waals surface area contributed by atoms with Gasteiger partial charge in [-0.1, -0.05) is 20.8 Å². The minimum Gasteiger partial charge on any atom is -0.396 e. The normalized spacial score (nSPS) is 13.1. The highest BCUT2D eigenvalue weighted by Gasteiger charge is 2.12. The van der Waals surface area contributed by atoms with Crippen LogP contribution in [0.3, 0.4) is 0 Å². The highest BCUT2D eigenvalue weighted by atomic mass is 16.3.